The number of unbranched alkanes of at least 4 members (excludes halogenated alkanes) is 4. The standard InChI is InChI=1S/C68H96F2N12O6/c1-44-34-79(40-59(84)81-42-66(3,4)61-56(81)30-48(63(86)75-61)28-46-17-21-52(69)22-18-46)54(32-73-44)38-77-26-12-14-50(36-77)68(65(72)88,25-11-9-7-8-10-16-58(71)83)51-15-13-27-78(37-51)39-55-33-74-45(2)35-80(55)41-60(85)82-43-67(5,6)62-57(82)31-49(64(87)76-62)29-47-19-23-53(70)24-20-47/h17-24,30-31,44-45,50-51,54-55,73-74H,7-16,25-29,32-43H2,1-6H3,(H2,71,83)(H2,72,88)(H,75,86)(H,76,87)/t44-,45-,50?,51?,54-,55-,68?/m1/s1. The Labute approximate surface area is 517 Å². The highest BCUT2D eigenvalue weighted by Gasteiger charge is 2.52. The number of fused-ring (bicyclic) bond motifs is 2. The third kappa shape index (κ3) is 14.8. The van der Waals surface area contributed by atoms with Gasteiger partial charge < -0.3 is 51.7 Å². The van der Waals surface area contributed by atoms with E-state index >= 15 is 0 Å². The molecule has 2 unspecified atom stereocenters. The second kappa shape index (κ2) is 27.5. The molecular formula is C68H96F2N12O6. The molecule has 0 spiro atoms. The Kier molecular flexibility index (Phi) is 20.3. The van der Waals surface area contributed by atoms with Gasteiger partial charge >= 0.3 is 0 Å². The van der Waals surface area contributed by atoms with Crippen LogP contribution in [0.4, 0.5) is 20.2 Å². The van der Waals surface area contributed by atoms with Crippen LogP contribution in [0.25, 0.3) is 0 Å². The average molecular weight is 1220 g/mol. The number of benzene rings is 2. The van der Waals surface area contributed by atoms with Crippen LogP contribution in [0.1, 0.15) is 146 Å². The number of nitrogens with two attached hydrogens (primary N) is 2. The molecule has 2 aromatic heterocycles. The maximum absolute atomic E-state index is 14.8. The van der Waals surface area contributed by atoms with Crippen molar-refractivity contribution in [3.8, 4) is 0 Å². The van der Waals surface area contributed by atoms with Crippen molar-refractivity contribution in [3.05, 3.63) is 127 Å². The van der Waals surface area contributed by atoms with Crippen molar-refractivity contribution in [2.45, 2.75) is 160 Å². The lowest BCUT2D eigenvalue weighted by Gasteiger charge is -2.52. The van der Waals surface area contributed by atoms with E-state index in [2.05, 4.69) is 54.0 Å². The van der Waals surface area contributed by atoms with Gasteiger partial charge in [0.05, 0.1) is 29.9 Å². The molecule has 0 aliphatic carbocycles. The van der Waals surface area contributed by atoms with Gasteiger partial charge in [0.15, 0.2) is 0 Å². The topological polar surface area (TPSA) is 230 Å². The molecule has 6 aliphatic heterocycles. The maximum atomic E-state index is 14.8. The number of carbonyl (C=O) groups is 4. The van der Waals surface area contributed by atoms with E-state index in [9.17, 15) is 37.5 Å². The summed E-state index contributed by atoms with van der Waals surface area (Å²) in [6, 6.07) is 16.3. The number of primary amides is 2. The molecule has 4 fully saturated rings. The predicted molar refractivity (Wildman–Crippen MR) is 340 cm³/mol. The summed E-state index contributed by atoms with van der Waals surface area (Å²) in [7, 11) is 0. The van der Waals surface area contributed by atoms with Crippen LogP contribution in [-0.2, 0) is 42.8 Å². The molecule has 8 N–H and O–H groups in total. The number of rotatable bonds is 23. The molecular weight excluding hydrogens is 1120 g/mol. The predicted octanol–water partition coefficient (Wildman–Crippen LogP) is 5.91. The van der Waals surface area contributed by atoms with E-state index in [4.69, 9.17) is 11.5 Å². The first-order valence-corrected chi connectivity index (χ1v) is 32.6. The summed E-state index contributed by atoms with van der Waals surface area (Å²) in [5.74, 6) is -1.27. The number of nitrogens with one attached hydrogen (secondary N) is 4. The van der Waals surface area contributed by atoms with Crippen molar-refractivity contribution in [1.29, 1.82) is 0 Å². The minimum Gasteiger partial charge on any atom is -0.370 e. The van der Waals surface area contributed by atoms with Gasteiger partial charge in [-0.2, -0.15) is 0 Å². The molecule has 20 heteroatoms. The number of likely N-dealkylation sites (tertiary alicyclic amines) is 2. The van der Waals surface area contributed by atoms with Crippen LogP contribution < -0.4 is 43.0 Å². The zero-order chi connectivity index (χ0) is 62.7. The Morgan fingerprint density at radius 3 is 1.44 bits per heavy atom. The van der Waals surface area contributed by atoms with Gasteiger partial charge in [-0.25, -0.2) is 8.78 Å². The van der Waals surface area contributed by atoms with E-state index in [1.165, 1.54) is 24.3 Å². The minimum atomic E-state index is -0.784. The summed E-state index contributed by atoms with van der Waals surface area (Å²) in [6.07, 6.45) is 9.56. The van der Waals surface area contributed by atoms with Crippen LogP contribution in [0.15, 0.2) is 70.3 Å². The van der Waals surface area contributed by atoms with Crippen LogP contribution in [-0.4, -0.2) is 169 Å². The SMILES string of the molecule is C[C@@H]1CN(CC(=O)N2CC(C)(C)c3[nH]c(=O)c(Cc4ccc(F)cc4)cc32)[C@@H](CN2CCCC(C(CCCCCCCC(N)=O)(C(N)=O)C3CCCN(C[C@H]4CN[C@H](C)CN4CC(=O)N4CC(C)(C)c5[nH]c(=O)c(Cc6ccc(F)cc6)cc54)C3)C2)CN1. The zero-order valence-corrected chi connectivity index (χ0v) is 52.9. The Morgan fingerprint density at radius 2 is 1.02 bits per heavy atom. The average Bonchev–Trinajstić information content (AvgIpc) is 2.05. The minimum absolute atomic E-state index is 0.00348. The van der Waals surface area contributed by atoms with Crippen LogP contribution >= 0.6 is 0 Å². The fourth-order valence-corrected chi connectivity index (χ4v) is 15.8. The van der Waals surface area contributed by atoms with Crippen molar-refractivity contribution >= 4 is 35.0 Å². The molecule has 6 atom stereocenters. The molecule has 2 aromatic carbocycles. The van der Waals surface area contributed by atoms with E-state index < -0.39 is 16.2 Å². The van der Waals surface area contributed by atoms with Gasteiger partial charge in [-0.3, -0.25) is 38.6 Å². The number of aromatic amines is 2. The highest BCUT2D eigenvalue weighted by atomic mass is 19.1. The number of amides is 4. The molecule has 478 valence electrons. The van der Waals surface area contributed by atoms with Gasteiger partial charge in [0.2, 0.25) is 23.6 Å². The first-order chi connectivity index (χ1) is 42.0. The van der Waals surface area contributed by atoms with Crippen molar-refractivity contribution in [2.75, 3.05) is 101 Å². The molecule has 8 heterocycles. The van der Waals surface area contributed by atoms with Crippen molar-refractivity contribution in [1.82, 2.24) is 40.2 Å². The van der Waals surface area contributed by atoms with Gasteiger partial charge in [0, 0.05) is 142 Å². The first kappa shape index (κ1) is 64.8. The van der Waals surface area contributed by atoms with Crippen LogP contribution in [0.5, 0.6) is 0 Å². The second-order valence-electron chi connectivity index (χ2n) is 28.2. The van der Waals surface area contributed by atoms with Gasteiger partial charge in [0.25, 0.3) is 11.1 Å². The molecule has 0 saturated carbocycles. The van der Waals surface area contributed by atoms with E-state index in [1.54, 1.807) is 24.3 Å². The monoisotopic (exact) mass is 1210 g/mol. The number of aromatic nitrogens is 2. The molecule has 18 nitrogen and oxygen atoms in total. The number of halogens is 2. The van der Waals surface area contributed by atoms with Gasteiger partial charge in [-0.1, -0.05) is 77.6 Å². The summed E-state index contributed by atoms with van der Waals surface area (Å²) in [5.41, 5.74) is 15.7. The Hall–Kier alpha value is -6.16. The van der Waals surface area contributed by atoms with Gasteiger partial charge in [-0.05, 0) is 125 Å². The fraction of sp³-hybridized carbons (Fsp3) is 0.618. The van der Waals surface area contributed by atoms with E-state index in [1.807, 2.05) is 49.6 Å². The van der Waals surface area contributed by atoms with Crippen LogP contribution in [0.3, 0.4) is 0 Å². The molecule has 4 aromatic rings. The van der Waals surface area contributed by atoms with E-state index in [-0.39, 0.29) is 95.5 Å². The summed E-state index contributed by atoms with van der Waals surface area (Å²) in [6.45, 7) is 21.1. The third-order valence-corrected chi connectivity index (χ3v) is 20.5. The molecule has 6 aliphatic rings. The molecule has 4 amide bonds. The number of nitrogens with zero attached hydrogens (tertiary/aromatic N) is 6. The number of hydrogen-bond acceptors (Lipinski definition) is 12. The third-order valence-electron chi connectivity index (χ3n) is 20.5. The molecule has 0 bridgehead atoms. The normalized spacial score (nSPS) is 24.9. The summed E-state index contributed by atoms with van der Waals surface area (Å²) in [4.78, 5) is 102. The highest BCUT2D eigenvalue weighted by Crippen LogP contribution is 2.49. The van der Waals surface area contributed by atoms with Crippen LogP contribution in [0, 0.1) is 28.9 Å². The smallest absolute Gasteiger partial charge is 0.251 e. The summed E-state index contributed by atoms with van der Waals surface area (Å²) in [5, 5.41) is 7.41. The number of hydrogen-bond donors (Lipinski definition) is 6. The summed E-state index contributed by atoms with van der Waals surface area (Å²) >= 11 is 0. The number of pyridine rings is 2. The summed E-state index contributed by atoms with van der Waals surface area (Å²) < 4.78 is 27.6. The van der Waals surface area contributed by atoms with Crippen molar-refractivity contribution in [3.63, 3.8) is 0 Å². The number of piperazine rings is 2. The lowest BCUT2D eigenvalue weighted by Crippen LogP contribution is -2.63. The van der Waals surface area contributed by atoms with Crippen molar-refractivity contribution < 1.29 is 28.0 Å². The Bertz CT molecular complexity index is 3070. The quantitative estimate of drug-likeness (QED) is 0.0477. The highest BCUT2D eigenvalue weighted by molar-refractivity contribution is 5.98. The van der Waals surface area contributed by atoms with E-state index in [0.717, 1.165) is 93.4 Å². The number of anilines is 2. The van der Waals surface area contributed by atoms with Gasteiger partial charge in [0.1, 0.15) is 11.6 Å². The Morgan fingerprint density at radius 1 is 0.602 bits per heavy atom. The lowest BCUT2D eigenvalue weighted by atomic mass is 9.59. The maximum Gasteiger partial charge on any atom is 0.251 e. The van der Waals surface area contributed by atoms with Crippen molar-refractivity contribution in [2.24, 2.45) is 28.7 Å². The van der Waals surface area contributed by atoms with Gasteiger partial charge in [-0.15, -0.1) is 0 Å². The zero-order valence-electron chi connectivity index (χ0n) is 52.9. The first-order valence-electron chi connectivity index (χ1n) is 32.6. The van der Waals surface area contributed by atoms with Crippen LogP contribution in [0.2, 0.25) is 0 Å². The molecule has 10 rings (SSSR count). The number of carbonyl (C=O) groups excluding carboxylic acids is 4. The molecule has 88 heavy (non-hydrogen) atoms. The molecule has 0 radical (unpaired) electrons. The second-order valence-corrected chi connectivity index (χ2v) is 28.2. The lowest BCUT2D eigenvalue weighted by molar-refractivity contribution is -0.141. The number of piperidine rings is 2. The van der Waals surface area contributed by atoms with E-state index in [0.29, 0.717) is 114 Å². The number of H-pyrrole nitrogens is 2. The largest absolute Gasteiger partial charge is 0.370 e. The Balaban J connectivity index is 0.840. The fourth-order valence-electron chi connectivity index (χ4n) is 15.8. The molecule has 4 saturated heterocycles.